The smallest absolute Gasteiger partial charge is 0.348 e. The predicted octanol–water partition coefficient (Wildman–Crippen LogP) is 3.56. The van der Waals surface area contributed by atoms with Crippen molar-refractivity contribution in [2.24, 2.45) is 0 Å². The first-order valence-electron chi connectivity index (χ1n) is 9.62. The zero-order chi connectivity index (χ0) is 19.9. The summed E-state index contributed by atoms with van der Waals surface area (Å²) in [6, 6.07) is 5.45. The van der Waals surface area contributed by atoms with Crippen molar-refractivity contribution in [2.75, 3.05) is 13.1 Å². The van der Waals surface area contributed by atoms with Gasteiger partial charge >= 0.3 is 6.18 Å². The first-order valence-corrected chi connectivity index (χ1v) is 9.62. The highest BCUT2D eigenvalue weighted by atomic mass is 19.4. The number of carbonyl (C=O) groups is 1. The van der Waals surface area contributed by atoms with Crippen LogP contribution in [0.25, 0.3) is 5.69 Å². The molecule has 28 heavy (non-hydrogen) atoms. The highest BCUT2D eigenvalue weighted by molar-refractivity contribution is 5.95. The maximum Gasteiger partial charge on any atom is 0.416 e. The van der Waals surface area contributed by atoms with Crippen LogP contribution in [0, 0.1) is 6.92 Å². The van der Waals surface area contributed by atoms with Crippen molar-refractivity contribution in [1.82, 2.24) is 20.0 Å². The van der Waals surface area contributed by atoms with Gasteiger partial charge in [0.1, 0.15) is 0 Å². The fourth-order valence-corrected chi connectivity index (χ4v) is 4.37. The fourth-order valence-electron chi connectivity index (χ4n) is 4.37. The van der Waals surface area contributed by atoms with E-state index >= 15 is 0 Å². The van der Waals surface area contributed by atoms with Crippen molar-refractivity contribution in [2.45, 2.75) is 50.9 Å². The number of halogens is 3. The molecule has 2 aliphatic rings. The van der Waals surface area contributed by atoms with Crippen molar-refractivity contribution in [3.05, 3.63) is 47.3 Å². The van der Waals surface area contributed by atoms with Crippen LogP contribution in [0.2, 0.25) is 0 Å². The van der Waals surface area contributed by atoms with Gasteiger partial charge in [0.25, 0.3) is 5.91 Å². The Labute approximate surface area is 161 Å². The third-order valence-electron chi connectivity index (χ3n) is 5.84. The Balaban J connectivity index is 1.53. The molecule has 5 nitrogen and oxygen atoms in total. The lowest BCUT2D eigenvalue weighted by Crippen LogP contribution is -2.46. The summed E-state index contributed by atoms with van der Waals surface area (Å²) in [4.78, 5) is 15.2. The van der Waals surface area contributed by atoms with Crippen molar-refractivity contribution in [3.63, 3.8) is 0 Å². The molecule has 2 aliphatic heterocycles. The molecule has 2 atom stereocenters. The number of hydrogen-bond donors (Lipinski definition) is 1. The summed E-state index contributed by atoms with van der Waals surface area (Å²) in [5.41, 5.74) is 0.460. The van der Waals surface area contributed by atoms with Crippen LogP contribution in [0.5, 0.6) is 0 Å². The Kier molecular flexibility index (Phi) is 4.91. The lowest BCUT2D eigenvalue weighted by molar-refractivity contribution is -0.137. The molecule has 0 bridgehead atoms. The Morgan fingerprint density at radius 1 is 1.21 bits per heavy atom. The number of fused-ring (bicyclic) bond motifs is 1. The van der Waals surface area contributed by atoms with Gasteiger partial charge in [-0.1, -0.05) is 12.5 Å². The summed E-state index contributed by atoms with van der Waals surface area (Å²) >= 11 is 0. The monoisotopic (exact) mass is 392 g/mol. The SMILES string of the molecule is Cc1c(C(=O)N[C@H]2CCN3CCCC[C@@H]23)cnn1-c1cccc(C(F)(F)F)c1. The van der Waals surface area contributed by atoms with Gasteiger partial charge in [0.15, 0.2) is 0 Å². The van der Waals surface area contributed by atoms with Crippen molar-refractivity contribution >= 4 is 5.91 Å². The lowest BCUT2D eigenvalue weighted by atomic mass is 9.99. The average Bonchev–Trinajstić information content (AvgIpc) is 3.25. The number of piperidine rings is 1. The van der Waals surface area contributed by atoms with Crippen LogP contribution in [0.4, 0.5) is 13.2 Å². The van der Waals surface area contributed by atoms with E-state index in [1.807, 2.05) is 0 Å². The number of benzene rings is 1. The number of aromatic nitrogens is 2. The van der Waals surface area contributed by atoms with Gasteiger partial charge in [0.05, 0.1) is 28.7 Å². The van der Waals surface area contributed by atoms with E-state index < -0.39 is 11.7 Å². The molecule has 1 N–H and O–H groups in total. The number of amides is 1. The summed E-state index contributed by atoms with van der Waals surface area (Å²) < 4.78 is 40.3. The summed E-state index contributed by atoms with van der Waals surface area (Å²) in [6.07, 6.45) is 1.41. The molecule has 2 aromatic rings. The first-order chi connectivity index (χ1) is 13.3. The number of hydrogen-bond acceptors (Lipinski definition) is 3. The molecule has 0 spiro atoms. The summed E-state index contributed by atoms with van der Waals surface area (Å²) in [5, 5.41) is 7.29. The lowest BCUT2D eigenvalue weighted by Gasteiger charge is -2.32. The van der Waals surface area contributed by atoms with Crippen LogP contribution >= 0.6 is 0 Å². The second kappa shape index (κ2) is 7.24. The fraction of sp³-hybridized carbons (Fsp3) is 0.500. The van der Waals surface area contributed by atoms with Crippen LogP contribution in [-0.4, -0.2) is 45.8 Å². The van der Waals surface area contributed by atoms with E-state index in [1.54, 1.807) is 13.0 Å². The topological polar surface area (TPSA) is 50.2 Å². The van der Waals surface area contributed by atoms with Crippen LogP contribution in [0.1, 0.15) is 47.3 Å². The summed E-state index contributed by atoms with van der Waals surface area (Å²) in [7, 11) is 0. The van der Waals surface area contributed by atoms with E-state index in [1.165, 1.54) is 29.8 Å². The molecule has 150 valence electrons. The molecule has 0 saturated carbocycles. The Morgan fingerprint density at radius 3 is 2.82 bits per heavy atom. The number of alkyl halides is 3. The molecule has 8 heteroatoms. The van der Waals surface area contributed by atoms with E-state index in [-0.39, 0.29) is 17.6 Å². The third-order valence-corrected chi connectivity index (χ3v) is 5.84. The van der Waals surface area contributed by atoms with Crippen molar-refractivity contribution in [1.29, 1.82) is 0 Å². The van der Waals surface area contributed by atoms with Crippen LogP contribution in [-0.2, 0) is 6.18 Å². The van der Waals surface area contributed by atoms with Gasteiger partial charge in [-0.15, -0.1) is 0 Å². The van der Waals surface area contributed by atoms with Gasteiger partial charge in [0.2, 0.25) is 0 Å². The molecule has 2 saturated heterocycles. The number of rotatable bonds is 3. The van der Waals surface area contributed by atoms with Gasteiger partial charge in [0, 0.05) is 18.6 Å². The number of carbonyl (C=O) groups excluding carboxylic acids is 1. The summed E-state index contributed by atoms with van der Waals surface area (Å²) in [6.45, 7) is 3.78. The van der Waals surface area contributed by atoms with Gasteiger partial charge in [-0.05, 0) is 50.9 Å². The second-order valence-corrected chi connectivity index (χ2v) is 7.57. The minimum Gasteiger partial charge on any atom is -0.348 e. The minimum atomic E-state index is -4.42. The standard InChI is InChI=1S/C20H23F3N4O/c1-13-16(19(28)25-17-8-10-26-9-3-2-7-18(17)26)12-24-27(13)15-6-4-5-14(11-15)20(21,22)23/h4-6,11-12,17-18H,2-3,7-10H2,1H3,(H,25,28)/t17-,18-/m0/s1. The number of nitrogens with zero attached hydrogens (tertiary/aromatic N) is 3. The van der Waals surface area contributed by atoms with Crippen LogP contribution in [0.15, 0.2) is 30.5 Å². The predicted molar refractivity (Wildman–Crippen MR) is 98.4 cm³/mol. The summed E-state index contributed by atoms with van der Waals surface area (Å²) in [5.74, 6) is -0.215. The van der Waals surface area contributed by atoms with Gasteiger partial charge in [-0.25, -0.2) is 4.68 Å². The molecule has 3 heterocycles. The Morgan fingerprint density at radius 2 is 2.04 bits per heavy atom. The molecule has 4 rings (SSSR count). The first kappa shape index (κ1) is 19.0. The molecular formula is C20H23F3N4O. The molecule has 1 aromatic heterocycles. The third kappa shape index (κ3) is 3.53. The van der Waals surface area contributed by atoms with E-state index in [0.717, 1.165) is 38.1 Å². The molecular weight excluding hydrogens is 369 g/mol. The second-order valence-electron chi connectivity index (χ2n) is 7.57. The van der Waals surface area contributed by atoms with E-state index in [0.29, 0.717) is 17.3 Å². The van der Waals surface area contributed by atoms with Gasteiger partial charge < -0.3 is 5.32 Å². The van der Waals surface area contributed by atoms with E-state index in [2.05, 4.69) is 15.3 Å². The quantitative estimate of drug-likeness (QED) is 0.869. The van der Waals surface area contributed by atoms with E-state index in [9.17, 15) is 18.0 Å². The molecule has 2 fully saturated rings. The maximum absolute atomic E-state index is 13.0. The van der Waals surface area contributed by atoms with Crippen LogP contribution in [0.3, 0.4) is 0 Å². The molecule has 0 aliphatic carbocycles. The molecule has 0 radical (unpaired) electrons. The highest BCUT2D eigenvalue weighted by Crippen LogP contribution is 2.31. The average molecular weight is 392 g/mol. The largest absolute Gasteiger partial charge is 0.416 e. The molecule has 1 amide bonds. The minimum absolute atomic E-state index is 0.115. The molecule has 1 aromatic carbocycles. The highest BCUT2D eigenvalue weighted by Gasteiger charge is 2.36. The zero-order valence-electron chi connectivity index (χ0n) is 15.7. The van der Waals surface area contributed by atoms with Crippen molar-refractivity contribution < 1.29 is 18.0 Å². The zero-order valence-corrected chi connectivity index (χ0v) is 15.7. The number of nitrogens with one attached hydrogen (secondary N) is 1. The van der Waals surface area contributed by atoms with Crippen LogP contribution < -0.4 is 5.32 Å². The van der Waals surface area contributed by atoms with E-state index in [4.69, 9.17) is 0 Å². The van der Waals surface area contributed by atoms with Gasteiger partial charge in [-0.3, -0.25) is 9.69 Å². The normalized spacial score (nSPS) is 22.9. The van der Waals surface area contributed by atoms with Gasteiger partial charge in [-0.2, -0.15) is 18.3 Å². The molecule has 0 unspecified atom stereocenters. The maximum atomic E-state index is 13.0. The Hall–Kier alpha value is -2.35. The van der Waals surface area contributed by atoms with Crippen molar-refractivity contribution in [3.8, 4) is 5.69 Å². The Bertz CT molecular complexity index is 877.